The zero-order chi connectivity index (χ0) is 12.1. The molecule has 1 unspecified atom stereocenters. The standard InChI is InChI=1S/C12H13N3OS/c13-11(9-4-2-1-3-5-9)12(16)14-6-10-7-17-8-15-10/h1-5,7-8,11H,6,13H2,(H,14,16). The fraction of sp³-hybridized carbons (Fsp3) is 0.167. The molecule has 1 aromatic heterocycles. The fourth-order valence-electron chi connectivity index (χ4n) is 1.42. The van der Waals surface area contributed by atoms with Gasteiger partial charge in [-0.15, -0.1) is 11.3 Å². The highest BCUT2D eigenvalue weighted by atomic mass is 32.1. The first kappa shape index (κ1) is 11.8. The molecule has 0 aliphatic carbocycles. The first-order valence-electron chi connectivity index (χ1n) is 5.22. The topological polar surface area (TPSA) is 68.0 Å². The van der Waals surface area contributed by atoms with Crippen LogP contribution in [-0.4, -0.2) is 10.9 Å². The number of nitrogens with one attached hydrogen (secondary N) is 1. The lowest BCUT2D eigenvalue weighted by Gasteiger charge is -2.11. The molecule has 2 rings (SSSR count). The third-order valence-electron chi connectivity index (χ3n) is 2.37. The second-order valence-corrected chi connectivity index (χ2v) is 4.30. The van der Waals surface area contributed by atoms with E-state index in [0.29, 0.717) is 6.54 Å². The van der Waals surface area contributed by atoms with Crippen molar-refractivity contribution >= 4 is 17.2 Å². The minimum Gasteiger partial charge on any atom is -0.349 e. The molecule has 0 bridgehead atoms. The number of benzene rings is 1. The minimum absolute atomic E-state index is 0.191. The molecule has 0 fully saturated rings. The van der Waals surface area contributed by atoms with Crippen LogP contribution in [0.3, 0.4) is 0 Å². The highest BCUT2D eigenvalue weighted by molar-refractivity contribution is 7.07. The van der Waals surface area contributed by atoms with E-state index in [-0.39, 0.29) is 5.91 Å². The zero-order valence-corrected chi connectivity index (χ0v) is 9.98. The van der Waals surface area contributed by atoms with Crippen LogP contribution in [-0.2, 0) is 11.3 Å². The highest BCUT2D eigenvalue weighted by Gasteiger charge is 2.14. The van der Waals surface area contributed by atoms with E-state index in [2.05, 4.69) is 10.3 Å². The van der Waals surface area contributed by atoms with Crippen molar-refractivity contribution < 1.29 is 4.79 Å². The van der Waals surface area contributed by atoms with Gasteiger partial charge in [-0.2, -0.15) is 0 Å². The normalized spacial score (nSPS) is 12.1. The molecule has 3 N–H and O–H groups in total. The van der Waals surface area contributed by atoms with Crippen molar-refractivity contribution in [3.05, 3.63) is 52.5 Å². The average Bonchev–Trinajstić information content (AvgIpc) is 2.89. The fourth-order valence-corrected chi connectivity index (χ4v) is 1.98. The number of thiazole rings is 1. The summed E-state index contributed by atoms with van der Waals surface area (Å²) in [4.78, 5) is 15.9. The third-order valence-corrected chi connectivity index (χ3v) is 3.00. The van der Waals surface area contributed by atoms with Crippen LogP contribution in [0.25, 0.3) is 0 Å². The number of rotatable bonds is 4. The van der Waals surface area contributed by atoms with Gasteiger partial charge in [-0.05, 0) is 5.56 Å². The highest BCUT2D eigenvalue weighted by Crippen LogP contribution is 2.09. The molecule has 1 heterocycles. The van der Waals surface area contributed by atoms with Crippen molar-refractivity contribution in [2.45, 2.75) is 12.6 Å². The first-order valence-corrected chi connectivity index (χ1v) is 6.17. The van der Waals surface area contributed by atoms with Crippen molar-refractivity contribution in [1.29, 1.82) is 0 Å². The number of aromatic nitrogens is 1. The van der Waals surface area contributed by atoms with Gasteiger partial charge in [0.15, 0.2) is 0 Å². The molecule has 4 nitrogen and oxygen atoms in total. The second-order valence-electron chi connectivity index (χ2n) is 3.59. The van der Waals surface area contributed by atoms with Crippen molar-refractivity contribution in [1.82, 2.24) is 10.3 Å². The van der Waals surface area contributed by atoms with E-state index in [1.807, 2.05) is 35.7 Å². The molecular formula is C12H13N3OS. The summed E-state index contributed by atoms with van der Waals surface area (Å²) in [5.74, 6) is -0.191. The Hall–Kier alpha value is -1.72. The maximum atomic E-state index is 11.8. The quantitative estimate of drug-likeness (QED) is 0.859. The van der Waals surface area contributed by atoms with E-state index in [4.69, 9.17) is 5.73 Å². The summed E-state index contributed by atoms with van der Waals surface area (Å²) in [7, 11) is 0. The van der Waals surface area contributed by atoms with E-state index in [1.165, 1.54) is 11.3 Å². The number of nitrogens with zero attached hydrogens (tertiary/aromatic N) is 1. The summed E-state index contributed by atoms with van der Waals surface area (Å²) in [6, 6.07) is 8.67. The van der Waals surface area contributed by atoms with Crippen LogP contribution in [0.2, 0.25) is 0 Å². The molecule has 0 spiro atoms. The molecule has 1 aromatic carbocycles. The van der Waals surface area contributed by atoms with Gasteiger partial charge in [-0.1, -0.05) is 30.3 Å². The van der Waals surface area contributed by atoms with Gasteiger partial charge in [0, 0.05) is 5.38 Å². The van der Waals surface area contributed by atoms with E-state index in [1.54, 1.807) is 5.51 Å². The van der Waals surface area contributed by atoms with Crippen LogP contribution in [0.1, 0.15) is 17.3 Å². The number of carbonyl (C=O) groups is 1. The van der Waals surface area contributed by atoms with E-state index < -0.39 is 6.04 Å². The van der Waals surface area contributed by atoms with Gasteiger partial charge in [0.2, 0.25) is 5.91 Å². The van der Waals surface area contributed by atoms with Gasteiger partial charge in [0.05, 0.1) is 17.7 Å². The molecule has 17 heavy (non-hydrogen) atoms. The Kier molecular flexibility index (Phi) is 3.85. The summed E-state index contributed by atoms with van der Waals surface area (Å²) < 4.78 is 0. The van der Waals surface area contributed by atoms with Gasteiger partial charge >= 0.3 is 0 Å². The third kappa shape index (κ3) is 3.12. The number of hydrogen-bond donors (Lipinski definition) is 2. The molecule has 1 atom stereocenters. The summed E-state index contributed by atoms with van der Waals surface area (Å²) in [6.07, 6.45) is 0. The summed E-state index contributed by atoms with van der Waals surface area (Å²) in [6.45, 7) is 0.420. The molecule has 0 saturated carbocycles. The van der Waals surface area contributed by atoms with E-state index in [9.17, 15) is 4.79 Å². The number of amides is 1. The van der Waals surface area contributed by atoms with Gasteiger partial charge in [0.1, 0.15) is 6.04 Å². The molecule has 0 aliphatic heterocycles. The summed E-state index contributed by atoms with van der Waals surface area (Å²) >= 11 is 1.50. The summed E-state index contributed by atoms with van der Waals surface area (Å²) in [5, 5.41) is 4.66. The Labute approximate surface area is 103 Å². The van der Waals surface area contributed by atoms with E-state index >= 15 is 0 Å². The van der Waals surface area contributed by atoms with Crippen LogP contribution in [0.5, 0.6) is 0 Å². The van der Waals surface area contributed by atoms with Crippen LogP contribution in [0.4, 0.5) is 0 Å². The number of carbonyl (C=O) groups excluding carboxylic acids is 1. The monoisotopic (exact) mass is 247 g/mol. The van der Waals surface area contributed by atoms with Gasteiger partial charge in [-0.25, -0.2) is 4.98 Å². The van der Waals surface area contributed by atoms with Crippen LogP contribution >= 0.6 is 11.3 Å². The van der Waals surface area contributed by atoms with Crippen LogP contribution in [0, 0.1) is 0 Å². The molecule has 2 aromatic rings. The van der Waals surface area contributed by atoms with Gasteiger partial charge in [-0.3, -0.25) is 4.79 Å². The van der Waals surface area contributed by atoms with Gasteiger partial charge in [0.25, 0.3) is 0 Å². The predicted octanol–water partition coefficient (Wildman–Crippen LogP) is 1.46. The smallest absolute Gasteiger partial charge is 0.241 e. The predicted molar refractivity (Wildman–Crippen MR) is 67.3 cm³/mol. The largest absolute Gasteiger partial charge is 0.349 e. The molecule has 5 heteroatoms. The number of hydrogen-bond acceptors (Lipinski definition) is 4. The molecule has 1 amide bonds. The molecule has 0 aliphatic rings. The zero-order valence-electron chi connectivity index (χ0n) is 9.17. The molecule has 0 radical (unpaired) electrons. The number of nitrogens with two attached hydrogens (primary N) is 1. The van der Waals surface area contributed by atoms with Crippen molar-refractivity contribution in [2.24, 2.45) is 5.73 Å². The molecule has 88 valence electrons. The SMILES string of the molecule is NC(C(=O)NCc1cscn1)c1ccccc1. The van der Waals surface area contributed by atoms with Gasteiger partial charge < -0.3 is 11.1 Å². The molecular weight excluding hydrogens is 234 g/mol. The maximum absolute atomic E-state index is 11.8. The molecule has 0 saturated heterocycles. The maximum Gasteiger partial charge on any atom is 0.241 e. The summed E-state index contributed by atoms with van der Waals surface area (Å²) in [5.41, 5.74) is 9.24. The van der Waals surface area contributed by atoms with Crippen molar-refractivity contribution in [2.75, 3.05) is 0 Å². The first-order chi connectivity index (χ1) is 8.27. The minimum atomic E-state index is -0.630. The lowest BCUT2D eigenvalue weighted by Crippen LogP contribution is -2.33. The Morgan fingerprint density at radius 1 is 1.41 bits per heavy atom. The lowest BCUT2D eigenvalue weighted by atomic mass is 10.1. The van der Waals surface area contributed by atoms with Crippen LogP contribution in [0.15, 0.2) is 41.2 Å². The second kappa shape index (κ2) is 5.56. The van der Waals surface area contributed by atoms with Crippen LogP contribution < -0.4 is 11.1 Å². The Morgan fingerprint density at radius 2 is 2.18 bits per heavy atom. The van der Waals surface area contributed by atoms with Crippen molar-refractivity contribution in [3.8, 4) is 0 Å². The van der Waals surface area contributed by atoms with Crippen molar-refractivity contribution in [3.63, 3.8) is 0 Å². The Bertz CT molecular complexity index is 470. The van der Waals surface area contributed by atoms with E-state index in [0.717, 1.165) is 11.3 Å². The Morgan fingerprint density at radius 3 is 2.82 bits per heavy atom. The lowest BCUT2D eigenvalue weighted by molar-refractivity contribution is -0.122. The average molecular weight is 247 g/mol. The Balaban J connectivity index is 1.92.